The van der Waals surface area contributed by atoms with E-state index in [4.69, 9.17) is 0 Å². The molecule has 0 amide bonds. The quantitative estimate of drug-likeness (QED) is 0.805. The van der Waals surface area contributed by atoms with E-state index in [1.807, 2.05) is 19.1 Å². The summed E-state index contributed by atoms with van der Waals surface area (Å²) in [6.07, 6.45) is 3.67. The third-order valence-electron chi connectivity index (χ3n) is 3.44. The van der Waals surface area contributed by atoms with E-state index in [0.29, 0.717) is 11.3 Å². The number of rotatable bonds is 2. The molecule has 82 valence electrons. The molecule has 1 N–H and O–H groups in total. The van der Waals surface area contributed by atoms with Crippen molar-refractivity contribution in [3.05, 3.63) is 29.6 Å². The molecule has 1 aliphatic rings. The molecule has 1 fully saturated rings. The fourth-order valence-corrected chi connectivity index (χ4v) is 2.65. The van der Waals surface area contributed by atoms with Crippen LogP contribution in [0.3, 0.4) is 0 Å². The van der Waals surface area contributed by atoms with Crippen molar-refractivity contribution in [3.8, 4) is 0 Å². The van der Waals surface area contributed by atoms with E-state index in [9.17, 15) is 5.11 Å². The molecular weight excluding hydrogens is 186 g/mol. The molecule has 1 atom stereocenters. The van der Waals surface area contributed by atoms with Crippen molar-refractivity contribution < 1.29 is 5.11 Å². The van der Waals surface area contributed by atoms with Crippen LogP contribution in [0.15, 0.2) is 18.3 Å². The number of aryl methyl sites for hydroxylation is 1. The Balaban J connectivity index is 2.10. The van der Waals surface area contributed by atoms with Gasteiger partial charge in [0.2, 0.25) is 0 Å². The molecule has 1 aromatic heterocycles. The Kier molecular flexibility index (Phi) is 2.55. The first kappa shape index (κ1) is 10.6. The molecule has 1 aliphatic carbocycles. The lowest BCUT2D eigenvalue weighted by Gasteiger charge is -2.45. The normalized spacial score (nSPS) is 22.1. The maximum absolute atomic E-state index is 10.2. The number of hydrogen-bond acceptors (Lipinski definition) is 2. The average Bonchev–Trinajstić information content (AvgIpc) is 2.14. The van der Waals surface area contributed by atoms with Gasteiger partial charge in [-0.2, -0.15) is 0 Å². The number of hydrogen-bond donors (Lipinski definition) is 1. The van der Waals surface area contributed by atoms with Crippen molar-refractivity contribution >= 4 is 0 Å². The van der Waals surface area contributed by atoms with Crippen molar-refractivity contribution in [1.29, 1.82) is 0 Å². The van der Waals surface area contributed by atoms with Crippen molar-refractivity contribution in [2.45, 2.75) is 39.7 Å². The smallest absolute Gasteiger partial charge is 0.0836 e. The molecule has 1 aromatic rings. The third-order valence-corrected chi connectivity index (χ3v) is 3.44. The summed E-state index contributed by atoms with van der Waals surface area (Å²) in [5, 5.41) is 10.2. The minimum Gasteiger partial charge on any atom is -0.388 e. The summed E-state index contributed by atoms with van der Waals surface area (Å²) >= 11 is 0. The van der Waals surface area contributed by atoms with E-state index in [-0.39, 0.29) is 6.10 Å². The van der Waals surface area contributed by atoms with Crippen molar-refractivity contribution in [3.63, 3.8) is 0 Å². The fourth-order valence-electron chi connectivity index (χ4n) is 2.65. The molecule has 0 aliphatic heterocycles. The van der Waals surface area contributed by atoms with E-state index in [2.05, 4.69) is 18.8 Å². The van der Waals surface area contributed by atoms with Gasteiger partial charge in [0.15, 0.2) is 0 Å². The minimum absolute atomic E-state index is 0.327. The van der Waals surface area contributed by atoms with E-state index >= 15 is 0 Å². The Bertz CT molecular complexity index is 351. The summed E-state index contributed by atoms with van der Waals surface area (Å²) < 4.78 is 0. The standard InChI is InChI=1S/C13H19NO/c1-9-11(5-4-6-14-9)12(15)10-7-13(2,3)8-10/h4-6,10,12,15H,7-8H2,1-3H3/t12-/m0/s1. The van der Waals surface area contributed by atoms with Crippen molar-refractivity contribution in [2.24, 2.45) is 11.3 Å². The molecular formula is C13H19NO. The van der Waals surface area contributed by atoms with Crippen LogP contribution in [0.1, 0.15) is 44.1 Å². The summed E-state index contributed by atoms with van der Waals surface area (Å²) in [6, 6.07) is 3.88. The van der Waals surface area contributed by atoms with Gasteiger partial charge in [-0.25, -0.2) is 0 Å². The first-order valence-electron chi connectivity index (χ1n) is 5.59. The Morgan fingerprint density at radius 2 is 2.13 bits per heavy atom. The number of aliphatic hydroxyl groups is 1. The first-order chi connectivity index (χ1) is 6.99. The van der Waals surface area contributed by atoms with Crippen LogP contribution in [0.5, 0.6) is 0 Å². The van der Waals surface area contributed by atoms with Gasteiger partial charge in [-0.1, -0.05) is 19.9 Å². The monoisotopic (exact) mass is 205 g/mol. The lowest BCUT2D eigenvalue weighted by molar-refractivity contribution is -0.0151. The molecule has 2 nitrogen and oxygen atoms in total. The van der Waals surface area contributed by atoms with Gasteiger partial charge in [0.05, 0.1) is 6.10 Å². The van der Waals surface area contributed by atoms with Gasteiger partial charge >= 0.3 is 0 Å². The predicted molar refractivity (Wildman–Crippen MR) is 60.4 cm³/mol. The molecule has 0 spiro atoms. The van der Waals surface area contributed by atoms with E-state index in [1.54, 1.807) is 6.20 Å². The van der Waals surface area contributed by atoms with Crippen LogP contribution >= 0.6 is 0 Å². The molecule has 0 unspecified atom stereocenters. The Hall–Kier alpha value is -0.890. The Morgan fingerprint density at radius 3 is 2.67 bits per heavy atom. The van der Waals surface area contributed by atoms with Crippen LogP contribution in [-0.2, 0) is 0 Å². The zero-order chi connectivity index (χ0) is 11.1. The summed E-state index contributed by atoms with van der Waals surface area (Å²) in [5.74, 6) is 0.419. The van der Waals surface area contributed by atoms with E-state index in [1.165, 1.54) is 0 Å². The molecule has 0 aromatic carbocycles. The highest BCUT2D eigenvalue weighted by Crippen LogP contribution is 2.50. The zero-order valence-electron chi connectivity index (χ0n) is 9.70. The first-order valence-corrected chi connectivity index (χ1v) is 5.59. The number of pyridine rings is 1. The van der Waals surface area contributed by atoms with Crippen LogP contribution in [0.25, 0.3) is 0 Å². The number of aromatic nitrogens is 1. The fraction of sp³-hybridized carbons (Fsp3) is 0.615. The molecule has 0 bridgehead atoms. The van der Waals surface area contributed by atoms with Crippen LogP contribution in [-0.4, -0.2) is 10.1 Å². The zero-order valence-corrected chi connectivity index (χ0v) is 9.70. The molecule has 2 rings (SSSR count). The average molecular weight is 205 g/mol. The van der Waals surface area contributed by atoms with Crippen molar-refractivity contribution in [1.82, 2.24) is 4.98 Å². The molecule has 1 saturated carbocycles. The van der Waals surface area contributed by atoms with Crippen LogP contribution in [0, 0.1) is 18.3 Å². The van der Waals surface area contributed by atoms with Gasteiger partial charge in [0.25, 0.3) is 0 Å². The molecule has 1 heterocycles. The molecule has 2 heteroatoms. The predicted octanol–water partition coefficient (Wildman–Crippen LogP) is 2.86. The second kappa shape index (κ2) is 3.60. The second-order valence-corrected chi connectivity index (χ2v) is 5.46. The van der Waals surface area contributed by atoms with Gasteiger partial charge < -0.3 is 5.11 Å². The molecule has 15 heavy (non-hydrogen) atoms. The summed E-state index contributed by atoms with van der Waals surface area (Å²) in [4.78, 5) is 4.22. The van der Waals surface area contributed by atoms with Gasteiger partial charge in [-0.3, -0.25) is 4.98 Å². The van der Waals surface area contributed by atoms with Gasteiger partial charge in [0.1, 0.15) is 0 Å². The summed E-state index contributed by atoms with van der Waals surface area (Å²) in [5.41, 5.74) is 2.37. The lowest BCUT2D eigenvalue weighted by Crippen LogP contribution is -2.35. The number of nitrogens with zero attached hydrogens (tertiary/aromatic N) is 1. The summed E-state index contributed by atoms with van der Waals surface area (Å²) in [7, 11) is 0. The van der Waals surface area contributed by atoms with Crippen LogP contribution in [0.2, 0.25) is 0 Å². The highest BCUT2D eigenvalue weighted by molar-refractivity contribution is 5.22. The highest BCUT2D eigenvalue weighted by atomic mass is 16.3. The largest absolute Gasteiger partial charge is 0.388 e. The van der Waals surface area contributed by atoms with Gasteiger partial charge in [0, 0.05) is 17.5 Å². The Morgan fingerprint density at radius 1 is 1.47 bits per heavy atom. The molecule has 0 radical (unpaired) electrons. The van der Waals surface area contributed by atoms with Crippen LogP contribution in [0.4, 0.5) is 0 Å². The lowest BCUT2D eigenvalue weighted by atomic mass is 9.62. The van der Waals surface area contributed by atoms with E-state index in [0.717, 1.165) is 24.1 Å². The number of aliphatic hydroxyl groups excluding tert-OH is 1. The maximum atomic E-state index is 10.2. The van der Waals surface area contributed by atoms with Gasteiger partial charge in [-0.05, 0) is 37.2 Å². The molecule has 0 saturated heterocycles. The maximum Gasteiger partial charge on any atom is 0.0836 e. The SMILES string of the molecule is Cc1ncccc1[C@@H](O)C1CC(C)(C)C1. The topological polar surface area (TPSA) is 33.1 Å². The van der Waals surface area contributed by atoms with Crippen LogP contribution < -0.4 is 0 Å². The van der Waals surface area contributed by atoms with Gasteiger partial charge in [-0.15, -0.1) is 0 Å². The highest BCUT2D eigenvalue weighted by Gasteiger charge is 2.40. The minimum atomic E-state index is -0.327. The third kappa shape index (κ3) is 2.05. The van der Waals surface area contributed by atoms with Crippen molar-refractivity contribution in [2.75, 3.05) is 0 Å². The summed E-state index contributed by atoms with van der Waals surface area (Å²) in [6.45, 7) is 6.47. The second-order valence-electron chi connectivity index (χ2n) is 5.46. The Labute approximate surface area is 91.4 Å². The van der Waals surface area contributed by atoms with E-state index < -0.39 is 0 Å².